The molecule has 0 amide bonds. The van der Waals surface area contributed by atoms with Gasteiger partial charge in [-0.1, -0.05) is 0 Å². The quantitative estimate of drug-likeness (QED) is 0.489. The van der Waals surface area contributed by atoms with E-state index in [1.54, 1.807) is 0 Å². The van der Waals surface area contributed by atoms with Crippen LogP contribution in [0.5, 0.6) is 0 Å². The van der Waals surface area contributed by atoms with Gasteiger partial charge < -0.3 is 14.6 Å². The summed E-state index contributed by atoms with van der Waals surface area (Å²) in [4.78, 5) is 21.2. The summed E-state index contributed by atoms with van der Waals surface area (Å²) in [6.45, 7) is 0.993. The number of carbonyl (C=O) groups is 2. The zero-order chi connectivity index (χ0) is 8.43. The van der Waals surface area contributed by atoms with Gasteiger partial charge in [-0.2, -0.15) is 0 Å². The van der Waals surface area contributed by atoms with Crippen LogP contribution < -0.4 is 0 Å². The second-order valence-corrected chi connectivity index (χ2v) is 2.26. The van der Waals surface area contributed by atoms with E-state index < -0.39 is 24.1 Å². The van der Waals surface area contributed by atoms with Gasteiger partial charge in [0, 0.05) is 0 Å². The van der Waals surface area contributed by atoms with Crippen LogP contribution in [0.1, 0.15) is 6.92 Å². The van der Waals surface area contributed by atoms with Gasteiger partial charge in [0.1, 0.15) is 0 Å². The zero-order valence-corrected chi connectivity index (χ0v) is 5.94. The van der Waals surface area contributed by atoms with Crippen molar-refractivity contribution >= 4 is 11.9 Å². The number of hydrogen-bond donors (Lipinski definition) is 1. The molecule has 0 bridgehead atoms. The molecule has 2 atom stereocenters. The Morgan fingerprint density at radius 1 is 1.64 bits per heavy atom. The van der Waals surface area contributed by atoms with E-state index in [-0.39, 0.29) is 6.61 Å². The fourth-order valence-corrected chi connectivity index (χ4v) is 0.731. The maximum absolute atomic E-state index is 10.7. The maximum Gasteiger partial charge on any atom is 0.350 e. The van der Waals surface area contributed by atoms with Gasteiger partial charge in [-0.05, 0) is 6.92 Å². The molecule has 1 aliphatic heterocycles. The minimum atomic E-state index is -1.16. The molecule has 5 heteroatoms. The maximum atomic E-state index is 10.7. The van der Waals surface area contributed by atoms with Crippen LogP contribution in [0, 0.1) is 0 Å². The highest BCUT2D eigenvalue weighted by molar-refractivity contribution is 5.85. The third kappa shape index (κ3) is 1.68. The van der Waals surface area contributed by atoms with Gasteiger partial charge in [-0.3, -0.25) is 0 Å². The second kappa shape index (κ2) is 2.87. The molecule has 0 spiro atoms. The lowest BCUT2D eigenvalue weighted by Crippen LogP contribution is -2.43. The van der Waals surface area contributed by atoms with Crippen molar-refractivity contribution < 1.29 is 24.2 Å². The first kappa shape index (κ1) is 8.00. The largest absolute Gasteiger partial charge is 0.451 e. The van der Waals surface area contributed by atoms with Crippen LogP contribution >= 0.6 is 0 Å². The predicted octanol–water partition coefficient (Wildman–Crippen LogP) is -1.16. The van der Waals surface area contributed by atoms with Gasteiger partial charge >= 0.3 is 11.9 Å². The van der Waals surface area contributed by atoms with Crippen LogP contribution in [0.4, 0.5) is 0 Å². The zero-order valence-electron chi connectivity index (χ0n) is 5.94. The van der Waals surface area contributed by atoms with Crippen LogP contribution in [-0.4, -0.2) is 35.9 Å². The minimum Gasteiger partial charge on any atom is -0.451 e. The second-order valence-electron chi connectivity index (χ2n) is 2.26. The number of carbonyl (C=O) groups excluding carboxylic acids is 2. The van der Waals surface area contributed by atoms with E-state index >= 15 is 0 Å². The molecular formula is C6H8O5. The molecule has 0 aliphatic carbocycles. The van der Waals surface area contributed by atoms with E-state index in [2.05, 4.69) is 9.47 Å². The van der Waals surface area contributed by atoms with Crippen molar-refractivity contribution in [2.45, 2.75) is 19.1 Å². The number of ether oxygens (including phenoxy) is 2. The standard InChI is InChI=1S/C6H8O5/c1-3(7)5-6(9)10-2-4(8)11-5/h3,5,7H,2H2,1H3. The summed E-state index contributed by atoms with van der Waals surface area (Å²) >= 11 is 0. The summed E-state index contributed by atoms with van der Waals surface area (Å²) in [6, 6.07) is 0. The lowest BCUT2D eigenvalue weighted by molar-refractivity contribution is -0.191. The third-order valence-corrected chi connectivity index (χ3v) is 1.26. The minimum absolute atomic E-state index is 0.359. The molecule has 1 N–H and O–H groups in total. The Bertz CT molecular complexity index is 185. The molecule has 0 radical (unpaired) electrons. The van der Waals surface area contributed by atoms with Crippen molar-refractivity contribution in [3.63, 3.8) is 0 Å². The number of esters is 2. The topological polar surface area (TPSA) is 72.8 Å². The van der Waals surface area contributed by atoms with Gasteiger partial charge in [0.25, 0.3) is 0 Å². The van der Waals surface area contributed by atoms with E-state index in [9.17, 15) is 9.59 Å². The van der Waals surface area contributed by atoms with E-state index in [4.69, 9.17) is 5.11 Å². The summed E-state index contributed by atoms with van der Waals surface area (Å²) in [5.74, 6) is -1.32. The summed E-state index contributed by atoms with van der Waals surface area (Å²) in [5, 5.41) is 8.89. The van der Waals surface area contributed by atoms with Crippen molar-refractivity contribution in [1.29, 1.82) is 0 Å². The van der Waals surface area contributed by atoms with Crippen LogP contribution in [0.15, 0.2) is 0 Å². The number of cyclic esters (lactones) is 2. The Hall–Kier alpha value is -1.10. The average molecular weight is 160 g/mol. The fourth-order valence-electron chi connectivity index (χ4n) is 0.731. The summed E-state index contributed by atoms with van der Waals surface area (Å²) in [6.07, 6.45) is -2.18. The first-order chi connectivity index (χ1) is 5.11. The Morgan fingerprint density at radius 3 is 2.73 bits per heavy atom. The summed E-state index contributed by atoms with van der Waals surface area (Å²) in [7, 11) is 0. The molecule has 62 valence electrons. The van der Waals surface area contributed by atoms with Crippen molar-refractivity contribution in [2.75, 3.05) is 6.61 Å². The predicted molar refractivity (Wildman–Crippen MR) is 32.5 cm³/mol. The molecule has 2 unspecified atom stereocenters. The molecule has 1 aliphatic rings. The van der Waals surface area contributed by atoms with Gasteiger partial charge in [0.05, 0.1) is 6.10 Å². The Kier molecular flexibility index (Phi) is 2.09. The molecule has 5 nitrogen and oxygen atoms in total. The molecule has 1 saturated heterocycles. The van der Waals surface area contributed by atoms with E-state index in [1.165, 1.54) is 6.92 Å². The average Bonchev–Trinajstić information content (AvgIpc) is 1.94. The van der Waals surface area contributed by atoms with E-state index in [0.717, 1.165) is 0 Å². The highest BCUT2D eigenvalue weighted by atomic mass is 16.6. The van der Waals surface area contributed by atoms with Gasteiger partial charge in [-0.15, -0.1) is 0 Å². The number of hydrogen-bond acceptors (Lipinski definition) is 5. The van der Waals surface area contributed by atoms with Gasteiger partial charge in [-0.25, -0.2) is 9.59 Å². The molecule has 0 saturated carbocycles. The molecule has 0 aromatic heterocycles. The molecule has 1 fully saturated rings. The number of aliphatic hydroxyl groups excluding tert-OH is 1. The highest BCUT2D eigenvalue weighted by Gasteiger charge is 2.33. The highest BCUT2D eigenvalue weighted by Crippen LogP contribution is 2.07. The van der Waals surface area contributed by atoms with Gasteiger partial charge in [0.2, 0.25) is 6.10 Å². The number of rotatable bonds is 1. The van der Waals surface area contributed by atoms with Crippen molar-refractivity contribution in [1.82, 2.24) is 0 Å². The lowest BCUT2D eigenvalue weighted by Gasteiger charge is -2.22. The summed E-state index contributed by atoms with van der Waals surface area (Å²) < 4.78 is 8.89. The van der Waals surface area contributed by atoms with E-state index in [0.29, 0.717) is 0 Å². The van der Waals surface area contributed by atoms with E-state index in [1.807, 2.05) is 0 Å². The molecular weight excluding hydrogens is 152 g/mol. The first-order valence-electron chi connectivity index (χ1n) is 3.15. The molecule has 11 heavy (non-hydrogen) atoms. The van der Waals surface area contributed by atoms with Crippen LogP contribution in [0.3, 0.4) is 0 Å². The first-order valence-corrected chi connectivity index (χ1v) is 3.15. The van der Waals surface area contributed by atoms with Crippen LogP contribution in [0.2, 0.25) is 0 Å². The monoisotopic (exact) mass is 160 g/mol. The molecule has 0 aromatic carbocycles. The number of aliphatic hydroxyl groups is 1. The van der Waals surface area contributed by atoms with Gasteiger partial charge in [0.15, 0.2) is 6.61 Å². The van der Waals surface area contributed by atoms with Crippen molar-refractivity contribution in [2.24, 2.45) is 0 Å². The molecule has 1 heterocycles. The van der Waals surface area contributed by atoms with Crippen LogP contribution in [0.25, 0.3) is 0 Å². The fraction of sp³-hybridized carbons (Fsp3) is 0.667. The summed E-state index contributed by atoms with van der Waals surface area (Å²) in [5.41, 5.74) is 0. The SMILES string of the molecule is CC(O)C1OC(=O)COC1=O. The Labute approximate surface area is 62.9 Å². The smallest absolute Gasteiger partial charge is 0.350 e. The Balaban J connectivity index is 2.61. The Morgan fingerprint density at radius 2 is 2.27 bits per heavy atom. The molecule has 0 aromatic rings. The third-order valence-electron chi connectivity index (χ3n) is 1.26. The van der Waals surface area contributed by atoms with Crippen molar-refractivity contribution in [3.05, 3.63) is 0 Å². The lowest BCUT2D eigenvalue weighted by atomic mass is 10.2. The molecule has 1 rings (SSSR count). The van der Waals surface area contributed by atoms with Crippen molar-refractivity contribution in [3.8, 4) is 0 Å². The van der Waals surface area contributed by atoms with Crippen LogP contribution in [-0.2, 0) is 19.1 Å². The normalized spacial score (nSPS) is 27.3.